The predicted octanol–water partition coefficient (Wildman–Crippen LogP) is 1.28. The summed E-state index contributed by atoms with van der Waals surface area (Å²) in [6.45, 7) is 2.47. The van der Waals surface area contributed by atoms with Crippen molar-refractivity contribution in [2.75, 3.05) is 17.7 Å². The second-order valence-corrected chi connectivity index (χ2v) is 4.99. The minimum atomic E-state index is -1.77. The van der Waals surface area contributed by atoms with E-state index in [1.54, 1.807) is 0 Å². The monoisotopic (exact) mass is 317 g/mol. The second kappa shape index (κ2) is 5.96. The standard InChI is InChI=1S/C15H15N3O5/c1-8(19)17-12-7-10(22-3)6-11-13(12)18-14(21)15(11,4-5-16)23-9(2)20/h6-7H,4H2,1-3H3,(H,17,19)(H,18,21). The van der Waals surface area contributed by atoms with Crippen molar-refractivity contribution < 1.29 is 23.9 Å². The van der Waals surface area contributed by atoms with Gasteiger partial charge in [-0.1, -0.05) is 0 Å². The Kier molecular flexibility index (Phi) is 4.22. The smallest absolute Gasteiger partial charge is 0.304 e. The summed E-state index contributed by atoms with van der Waals surface area (Å²) < 4.78 is 10.4. The van der Waals surface area contributed by atoms with Gasteiger partial charge in [0.05, 0.1) is 31.0 Å². The van der Waals surface area contributed by atoms with Crippen molar-refractivity contribution in [3.63, 3.8) is 0 Å². The largest absolute Gasteiger partial charge is 0.497 e. The van der Waals surface area contributed by atoms with E-state index in [0.29, 0.717) is 11.4 Å². The zero-order valence-electron chi connectivity index (χ0n) is 12.9. The third-order valence-corrected chi connectivity index (χ3v) is 3.34. The van der Waals surface area contributed by atoms with Gasteiger partial charge in [-0.2, -0.15) is 5.26 Å². The molecule has 0 fully saturated rings. The molecule has 2 N–H and O–H groups in total. The average Bonchev–Trinajstić information content (AvgIpc) is 2.71. The molecule has 0 radical (unpaired) electrons. The average molecular weight is 317 g/mol. The normalized spacial score (nSPS) is 18.4. The van der Waals surface area contributed by atoms with Crippen LogP contribution in [0.1, 0.15) is 25.8 Å². The van der Waals surface area contributed by atoms with Crippen LogP contribution in [-0.2, 0) is 24.7 Å². The quantitative estimate of drug-likeness (QED) is 0.808. The summed E-state index contributed by atoms with van der Waals surface area (Å²) in [6.07, 6.45) is -0.363. The van der Waals surface area contributed by atoms with Crippen molar-refractivity contribution in [1.29, 1.82) is 5.26 Å². The highest BCUT2D eigenvalue weighted by atomic mass is 16.6. The Balaban J connectivity index is 2.69. The van der Waals surface area contributed by atoms with Gasteiger partial charge < -0.3 is 20.1 Å². The van der Waals surface area contributed by atoms with E-state index in [1.807, 2.05) is 6.07 Å². The van der Waals surface area contributed by atoms with Crippen LogP contribution in [-0.4, -0.2) is 24.9 Å². The number of hydrogen-bond acceptors (Lipinski definition) is 6. The van der Waals surface area contributed by atoms with Crippen LogP contribution in [0.3, 0.4) is 0 Å². The Morgan fingerprint density at radius 1 is 1.39 bits per heavy atom. The first-order valence-electron chi connectivity index (χ1n) is 6.72. The van der Waals surface area contributed by atoms with E-state index in [2.05, 4.69) is 10.6 Å². The minimum absolute atomic E-state index is 0.266. The molecule has 0 spiro atoms. The van der Waals surface area contributed by atoms with Gasteiger partial charge in [-0.3, -0.25) is 14.4 Å². The molecule has 8 nitrogen and oxygen atoms in total. The fourth-order valence-corrected chi connectivity index (χ4v) is 2.48. The van der Waals surface area contributed by atoms with Crippen molar-refractivity contribution in [3.05, 3.63) is 17.7 Å². The van der Waals surface area contributed by atoms with Crippen LogP contribution in [0.2, 0.25) is 0 Å². The van der Waals surface area contributed by atoms with E-state index in [-0.39, 0.29) is 23.6 Å². The van der Waals surface area contributed by atoms with Crippen molar-refractivity contribution in [2.24, 2.45) is 0 Å². The molecule has 1 aromatic carbocycles. The number of methoxy groups -OCH3 is 1. The van der Waals surface area contributed by atoms with Crippen LogP contribution in [0, 0.1) is 11.3 Å². The third kappa shape index (κ3) is 2.81. The molecule has 0 aromatic heterocycles. The van der Waals surface area contributed by atoms with E-state index >= 15 is 0 Å². The zero-order chi connectivity index (χ0) is 17.2. The van der Waals surface area contributed by atoms with E-state index in [9.17, 15) is 14.4 Å². The van der Waals surface area contributed by atoms with Crippen LogP contribution in [0.25, 0.3) is 0 Å². The lowest BCUT2D eigenvalue weighted by Gasteiger charge is -2.24. The number of benzene rings is 1. The van der Waals surface area contributed by atoms with Gasteiger partial charge in [-0.15, -0.1) is 0 Å². The summed E-state index contributed by atoms with van der Waals surface area (Å²) in [5.74, 6) is -1.35. The van der Waals surface area contributed by atoms with E-state index in [0.717, 1.165) is 6.92 Å². The maximum absolute atomic E-state index is 12.4. The molecule has 1 unspecified atom stereocenters. The second-order valence-electron chi connectivity index (χ2n) is 4.99. The van der Waals surface area contributed by atoms with Gasteiger partial charge in [0.2, 0.25) is 11.5 Å². The number of anilines is 2. The van der Waals surface area contributed by atoms with E-state index in [4.69, 9.17) is 14.7 Å². The van der Waals surface area contributed by atoms with Gasteiger partial charge in [-0.25, -0.2) is 0 Å². The van der Waals surface area contributed by atoms with Gasteiger partial charge in [0.1, 0.15) is 5.75 Å². The molecule has 0 saturated carbocycles. The summed E-state index contributed by atoms with van der Waals surface area (Å²) in [4.78, 5) is 35.2. The van der Waals surface area contributed by atoms with Gasteiger partial charge in [-0.05, 0) is 6.07 Å². The SMILES string of the molecule is COc1cc(NC(C)=O)c2c(c1)C(CC#N)(OC(C)=O)C(=O)N2. The first-order chi connectivity index (χ1) is 10.8. The van der Waals surface area contributed by atoms with Crippen LogP contribution >= 0.6 is 0 Å². The molecular weight excluding hydrogens is 302 g/mol. The molecule has 2 amide bonds. The number of rotatable bonds is 4. The molecule has 2 rings (SSSR count). The summed E-state index contributed by atoms with van der Waals surface area (Å²) >= 11 is 0. The number of carbonyl (C=O) groups is 3. The lowest BCUT2D eigenvalue weighted by molar-refractivity contribution is -0.164. The molecule has 0 saturated heterocycles. The van der Waals surface area contributed by atoms with Crippen LogP contribution in [0.15, 0.2) is 12.1 Å². The predicted molar refractivity (Wildman–Crippen MR) is 79.6 cm³/mol. The Morgan fingerprint density at radius 3 is 2.61 bits per heavy atom. The molecule has 1 heterocycles. The highest BCUT2D eigenvalue weighted by molar-refractivity contribution is 6.11. The number of fused-ring (bicyclic) bond motifs is 1. The molecule has 8 heteroatoms. The number of carbonyl (C=O) groups excluding carboxylic acids is 3. The van der Waals surface area contributed by atoms with Crippen molar-refractivity contribution in [3.8, 4) is 11.8 Å². The number of nitriles is 1. The Morgan fingerprint density at radius 2 is 2.09 bits per heavy atom. The number of hydrogen-bond donors (Lipinski definition) is 2. The lowest BCUT2D eigenvalue weighted by Crippen LogP contribution is -2.38. The first kappa shape index (κ1) is 16.3. The van der Waals surface area contributed by atoms with Crippen LogP contribution in [0.4, 0.5) is 11.4 Å². The number of esters is 1. The highest BCUT2D eigenvalue weighted by Crippen LogP contribution is 2.47. The third-order valence-electron chi connectivity index (χ3n) is 3.34. The molecule has 120 valence electrons. The summed E-state index contributed by atoms with van der Waals surface area (Å²) in [6, 6.07) is 4.88. The van der Waals surface area contributed by atoms with E-state index < -0.39 is 17.5 Å². The van der Waals surface area contributed by atoms with Crippen molar-refractivity contribution in [1.82, 2.24) is 0 Å². The Bertz CT molecular complexity index is 737. The lowest BCUT2D eigenvalue weighted by atomic mass is 9.91. The zero-order valence-corrected chi connectivity index (χ0v) is 12.9. The fourth-order valence-electron chi connectivity index (χ4n) is 2.48. The maximum atomic E-state index is 12.4. The van der Waals surface area contributed by atoms with Crippen LogP contribution in [0.5, 0.6) is 5.75 Å². The van der Waals surface area contributed by atoms with Gasteiger partial charge in [0, 0.05) is 25.5 Å². The van der Waals surface area contributed by atoms with Gasteiger partial charge >= 0.3 is 5.97 Å². The molecule has 0 aliphatic carbocycles. The molecule has 0 bridgehead atoms. The van der Waals surface area contributed by atoms with Crippen molar-refractivity contribution >= 4 is 29.2 Å². The molecule has 1 aromatic rings. The minimum Gasteiger partial charge on any atom is -0.497 e. The summed E-state index contributed by atoms with van der Waals surface area (Å²) in [5, 5.41) is 14.2. The maximum Gasteiger partial charge on any atom is 0.304 e. The van der Waals surface area contributed by atoms with Gasteiger partial charge in [0.25, 0.3) is 5.91 Å². The molecule has 23 heavy (non-hydrogen) atoms. The first-order valence-corrected chi connectivity index (χ1v) is 6.72. The number of amides is 2. The topological polar surface area (TPSA) is 118 Å². The molecule has 1 atom stereocenters. The Hall–Kier alpha value is -3.08. The number of nitrogens with one attached hydrogen (secondary N) is 2. The van der Waals surface area contributed by atoms with Gasteiger partial charge in [0.15, 0.2) is 0 Å². The number of nitrogens with zero attached hydrogens (tertiary/aromatic N) is 1. The highest BCUT2D eigenvalue weighted by Gasteiger charge is 2.51. The van der Waals surface area contributed by atoms with E-state index in [1.165, 1.54) is 26.2 Å². The molecule has 1 aliphatic heterocycles. The Labute approximate surface area is 132 Å². The summed E-state index contributed by atoms with van der Waals surface area (Å²) in [5.41, 5.74) is -0.922. The van der Waals surface area contributed by atoms with Crippen molar-refractivity contribution in [2.45, 2.75) is 25.9 Å². The molecular formula is C15H15N3O5. The summed E-state index contributed by atoms with van der Waals surface area (Å²) in [7, 11) is 1.42. The van der Waals surface area contributed by atoms with Crippen LogP contribution < -0.4 is 15.4 Å². The fraction of sp³-hybridized carbons (Fsp3) is 0.333. The molecule has 1 aliphatic rings. The number of ether oxygens (including phenoxy) is 2.